The molecule has 1 amide bonds. The number of carbonyl (C=O) groups is 5. The lowest BCUT2D eigenvalue weighted by atomic mass is 10.0. The van der Waals surface area contributed by atoms with Crippen molar-refractivity contribution in [2.24, 2.45) is 17.6 Å². The maximum atomic E-state index is 12.6. The smallest absolute Gasteiger partial charge is 0.328 e. The maximum absolute atomic E-state index is 12.6. The highest BCUT2D eigenvalue weighted by Crippen LogP contribution is 2.30. The third-order valence-corrected chi connectivity index (χ3v) is 4.99. The second-order valence-corrected chi connectivity index (χ2v) is 8.91. The van der Waals surface area contributed by atoms with Gasteiger partial charge in [-0.05, 0) is 38.0 Å². The number of benzene rings is 1. The number of ether oxygens (including phenoxy) is 4. The third-order valence-electron chi connectivity index (χ3n) is 4.99. The molecule has 0 unspecified atom stereocenters. The first-order valence-corrected chi connectivity index (χ1v) is 12.3. The van der Waals surface area contributed by atoms with Gasteiger partial charge in [0.1, 0.15) is 12.1 Å². The van der Waals surface area contributed by atoms with Crippen LogP contribution in [0.1, 0.15) is 59.9 Å². The lowest BCUT2D eigenvalue weighted by molar-refractivity contribution is -0.148. The van der Waals surface area contributed by atoms with Crippen LogP contribution < -0.4 is 20.5 Å². The normalized spacial score (nSPS) is 12.1. The Morgan fingerprint density at radius 2 is 1.34 bits per heavy atom. The highest BCUT2D eigenvalue weighted by Gasteiger charge is 2.25. The van der Waals surface area contributed by atoms with E-state index in [-0.39, 0.29) is 56.4 Å². The van der Waals surface area contributed by atoms with Crippen LogP contribution in [0.25, 0.3) is 0 Å². The fourth-order valence-electron chi connectivity index (χ4n) is 2.89. The van der Waals surface area contributed by atoms with Crippen molar-refractivity contribution in [3.8, 4) is 11.5 Å². The maximum Gasteiger partial charge on any atom is 0.328 e. The van der Waals surface area contributed by atoms with E-state index >= 15 is 0 Å². The second kappa shape index (κ2) is 17.4. The van der Waals surface area contributed by atoms with E-state index in [9.17, 15) is 24.0 Å². The van der Waals surface area contributed by atoms with E-state index < -0.39 is 53.7 Å². The zero-order valence-electron chi connectivity index (χ0n) is 22.7. The van der Waals surface area contributed by atoms with Gasteiger partial charge in [-0.1, -0.05) is 33.8 Å². The molecule has 0 aliphatic heterocycles. The molecule has 12 heteroatoms. The van der Waals surface area contributed by atoms with E-state index in [1.165, 1.54) is 12.1 Å². The summed E-state index contributed by atoms with van der Waals surface area (Å²) in [5, 5.41) is 2.60. The summed E-state index contributed by atoms with van der Waals surface area (Å²) in [6.07, 6.45) is -0.0815. The van der Waals surface area contributed by atoms with Crippen LogP contribution in [0, 0.1) is 11.8 Å². The first kappa shape index (κ1) is 34.8. The number of rotatable bonds is 14. The molecular formula is C26H39ClN2O9. The average Bonchev–Trinajstić information content (AvgIpc) is 2.83. The second-order valence-electron chi connectivity index (χ2n) is 8.91. The molecule has 214 valence electrons. The predicted molar refractivity (Wildman–Crippen MR) is 141 cm³/mol. The molecule has 0 heterocycles. The van der Waals surface area contributed by atoms with Crippen molar-refractivity contribution in [1.29, 1.82) is 0 Å². The minimum Gasteiger partial charge on any atom is -0.465 e. The molecule has 0 saturated heterocycles. The van der Waals surface area contributed by atoms with E-state index in [0.29, 0.717) is 5.56 Å². The van der Waals surface area contributed by atoms with Crippen molar-refractivity contribution in [2.45, 2.75) is 72.9 Å². The molecule has 0 aliphatic rings. The SMILES string of the molecule is CCOC(=O)[C@H](Cc1ccc(OC(=O)C(C)C)c(OC(=O)C(C)C)c1)NC(=O)CC[C@H](N)C(=O)OCC.Cl. The van der Waals surface area contributed by atoms with Crippen LogP contribution in [0.2, 0.25) is 0 Å². The molecule has 0 aromatic heterocycles. The summed E-state index contributed by atoms with van der Waals surface area (Å²) in [6.45, 7) is 10.2. The number of esters is 4. The van der Waals surface area contributed by atoms with Gasteiger partial charge < -0.3 is 30.0 Å². The highest BCUT2D eigenvalue weighted by molar-refractivity contribution is 5.86. The Morgan fingerprint density at radius 3 is 1.87 bits per heavy atom. The molecule has 3 N–H and O–H groups in total. The van der Waals surface area contributed by atoms with Gasteiger partial charge in [0.15, 0.2) is 11.5 Å². The zero-order chi connectivity index (χ0) is 28.1. The molecule has 0 spiro atoms. The number of hydrogen-bond acceptors (Lipinski definition) is 10. The molecule has 38 heavy (non-hydrogen) atoms. The predicted octanol–water partition coefficient (Wildman–Crippen LogP) is 2.49. The molecule has 1 aromatic carbocycles. The minimum absolute atomic E-state index is 0. The number of hydrogen-bond donors (Lipinski definition) is 2. The number of carbonyl (C=O) groups excluding carboxylic acids is 5. The summed E-state index contributed by atoms with van der Waals surface area (Å²) >= 11 is 0. The van der Waals surface area contributed by atoms with Crippen LogP contribution in [0.3, 0.4) is 0 Å². The summed E-state index contributed by atoms with van der Waals surface area (Å²) in [4.78, 5) is 61.1. The van der Waals surface area contributed by atoms with Gasteiger partial charge in [-0.2, -0.15) is 0 Å². The molecular weight excluding hydrogens is 520 g/mol. The van der Waals surface area contributed by atoms with E-state index in [1.807, 2.05) is 0 Å². The summed E-state index contributed by atoms with van der Waals surface area (Å²) in [5.74, 6) is -3.61. The molecule has 0 radical (unpaired) electrons. The van der Waals surface area contributed by atoms with E-state index in [1.54, 1.807) is 47.6 Å². The van der Waals surface area contributed by atoms with Crippen LogP contribution in [0.5, 0.6) is 11.5 Å². The van der Waals surface area contributed by atoms with Crippen LogP contribution in [-0.4, -0.2) is 55.1 Å². The molecule has 0 bridgehead atoms. The fraction of sp³-hybridized carbons (Fsp3) is 0.577. The number of nitrogens with two attached hydrogens (primary N) is 1. The quantitative estimate of drug-likeness (QED) is 0.256. The van der Waals surface area contributed by atoms with E-state index in [4.69, 9.17) is 24.7 Å². The van der Waals surface area contributed by atoms with E-state index in [0.717, 1.165) is 0 Å². The van der Waals surface area contributed by atoms with Crippen LogP contribution >= 0.6 is 12.4 Å². The number of nitrogens with one attached hydrogen (secondary N) is 1. The third kappa shape index (κ3) is 11.9. The molecule has 11 nitrogen and oxygen atoms in total. The van der Waals surface area contributed by atoms with E-state index in [2.05, 4.69) is 5.32 Å². The molecule has 0 fully saturated rings. The van der Waals surface area contributed by atoms with Gasteiger partial charge in [-0.15, -0.1) is 12.4 Å². The first-order chi connectivity index (χ1) is 17.4. The summed E-state index contributed by atoms with van der Waals surface area (Å²) < 4.78 is 20.7. The van der Waals surface area contributed by atoms with Crippen molar-refractivity contribution in [3.63, 3.8) is 0 Å². The fourth-order valence-corrected chi connectivity index (χ4v) is 2.89. The lowest BCUT2D eigenvalue weighted by Crippen LogP contribution is -2.44. The molecule has 1 aromatic rings. The Morgan fingerprint density at radius 1 is 0.816 bits per heavy atom. The van der Waals surface area contributed by atoms with Crippen molar-refractivity contribution in [3.05, 3.63) is 23.8 Å². The van der Waals surface area contributed by atoms with Crippen molar-refractivity contribution in [1.82, 2.24) is 5.32 Å². The number of amides is 1. The van der Waals surface area contributed by atoms with Crippen LogP contribution in [-0.2, 0) is 39.9 Å². The topological polar surface area (TPSA) is 160 Å². The van der Waals surface area contributed by atoms with Gasteiger partial charge in [0, 0.05) is 12.8 Å². The monoisotopic (exact) mass is 558 g/mol. The van der Waals surface area contributed by atoms with Crippen LogP contribution in [0.4, 0.5) is 0 Å². The Balaban J connectivity index is 0.0000137. The van der Waals surface area contributed by atoms with Gasteiger partial charge in [0.05, 0.1) is 25.0 Å². The Bertz CT molecular complexity index is 966. The van der Waals surface area contributed by atoms with Gasteiger partial charge in [-0.3, -0.25) is 19.2 Å². The lowest BCUT2D eigenvalue weighted by Gasteiger charge is -2.19. The first-order valence-electron chi connectivity index (χ1n) is 12.3. The van der Waals surface area contributed by atoms with Gasteiger partial charge in [0.2, 0.25) is 5.91 Å². The van der Waals surface area contributed by atoms with Crippen molar-refractivity contribution < 1.29 is 42.9 Å². The van der Waals surface area contributed by atoms with Crippen molar-refractivity contribution in [2.75, 3.05) is 13.2 Å². The number of halogens is 1. The zero-order valence-corrected chi connectivity index (χ0v) is 23.6. The van der Waals surface area contributed by atoms with Gasteiger partial charge in [0.25, 0.3) is 0 Å². The summed E-state index contributed by atoms with van der Waals surface area (Å²) in [6, 6.07) is 2.49. The largest absolute Gasteiger partial charge is 0.465 e. The van der Waals surface area contributed by atoms with Crippen LogP contribution in [0.15, 0.2) is 18.2 Å². The summed E-state index contributed by atoms with van der Waals surface area (Å²) in [5.41, 5.74) is 6.25. The Kier molecular flexibility index (Phi) is 15.9. The molecule has 0 saturated carbocycles. The molecule has 0 aliphatic carbocycles. The standard InChI is InChI=1S/C26H38N2O9.ClH/c1-7-34-25(32)18(27)10-12-22(29)28-19(26(33)35-8-2)13-17-9-11-20(36-23(30)15(3)4)21(14-17)37-24(31)16(5)6;/h9,11,14-16,18-19H,7-8,10,12-13,27H2,1-6H3,(H,28,29);1H/t18-,19-;/m0./s1. The molecule has 1 rings (SSSR count). The van der Waals surface area contributed by atoms with Gasteiger partial charge in [-0.25, -0.2) is 4.79 Å². The molecule has 2 atom stereocenters. The van der Waals surface area contributed by atoms with Crippen molar-refractivity contribution >= 4 is 42.2 Å². The highest BCUT2D eigenvalue weighted by atomic mass is 35.5. The van der Waals surface area contributed by atoms with Gasteiger partial charge >= 0.3 is 23.9 Å². The Labute approximate surface area is 229 Å². The summed E-state index contributed by atoms with van der Waals surface area (Å²) in [7, 11) is 0. The Hall–Kier alpha value is -3.18. The average molecular weight is 559 g/mol. The minimum atomic E-state index is -1.07.